The zero-order chi connectivity index (χ0) is 15.1. The second-order valence-corrected chi connectivity index (χ2v) is 6.69. The van der Waals surface area contributed by atoms with Crippen LogP contribution in [0.1, 0.15) is 36.0 Å². The Labute approximate surface area is 135 Å². The maximum atomic E-state index is 12.1. The number of methoxy groups -OCH3 is 1. The fourth-order valence-corrected chi connectivity index (χ4v) is 3.12. The molecule has 1 aliphatic heterocycles. The van der Waals surface area contributed by atoms with Crippen molar-refractivity contribution in [1.29, 1.82) is 0 Å². The Morgan fingerprint density at radius 3 is 2.57 bits per heavy atom. The van der Waals surface area contributed by atoms with Crippen LogP contribution >= 0.6 is 15.9 Å². The summed E-state index contributed by atoms with van der Waals surface area (Å²) < 4.78 is 6.23. The van der Waals surface area contributed by atoms with Gasteiger partial charge in [-0.2, -0.15) is 0 Å². The maximum absolute atomic E-state index is 12.1. The van der Waals surface area contributed by atoms with Crippen LogP contribution in [0.25, 0.3) is 0 Å². The highest BCUT2D eigenvalue weighted by molar-refractivity contribution is 9.10. The molecule has 1 aromatic rings. The summed E-state index contributed by atoms with van der Waals surface area (Å²) in [6.07, 6.45) is 4.02. The first-order chi connectivity index (χ1) is 10.2. The Bertz CT molecular complexity index is 439. The average molecular weight is 354 g/mol. The van der Waals surface area contributed by atoms with Gasteiger partial charge in [0, 0.05) is 30.2 Å². The Morgan fingerprint density at radius 1 is 1.29 bits per heavy atom. The van der Waals surface area contributed by atoms with Gasteiger partial charge in [0.25, 0.3) is 0 Å². The van der Waals surface area contributed by atoms with Crippen molar-refractivity contribution in [2.75, 3.05) is 33.4 Å². The highest BCUT2D eigenvalue weighted by atomic mass is 79.9. The van der Waals surface area contributed by atoms with Crippen LogP contribution in [0.3, 0.4) is 0 Å². The predicted octanol–water partition coefficient (Wildman–Crippen LogP) is 3.77. The number of hydrogen-bond donors (Lipinski definition) is 0. The van der Waals surface area contributed by atoms with Gasteiger partial charge in [0.1, 0.15) is 0 Å². The molecule has 0 saturated carbocycles. The van der Waals surface area contributed by atoms with E-state index in [1.54, 1.807) is 7.11 Å². The molecule has 0 amide bonds. The van der Waals surface area contributed by atoms with Gasteiger partial charge in [0.05, 0.1) is 0 Å². The van der Waals surface area contributed by atoms with Crippen LogP contribution in [-0.2, 0) is 4.74 Å². The smallest absolute Gasteiger partial charge is 0.162 e. The molecule has 1 aromatic carbocycles. The molecule has 4 heteroatoms. The molecule has 1 saturated heterocycles. The molecule has 116 valence electrons. The summed E-state index contributed by atoms with van der Waals surface area (Å²) in [5, 5.41) is 0. The number of likely N-dealkylation sites (tertiary alicyclic amines) is 1. The largest absolute Gasteiger partial charge is 0.384 e. The standard InChI is InChI=1S/C17H24BrNO2/c1-21-13-14-8-11-19(12-9-14)10-2-3-17(20)15-4-6-16(18)7-5-15/h4-7,14H,2-3,8-13H2,1H3. The first-order valence-electron chi connectivity index (χ1n) is 7.69. The minimum Gasteiger partial charge on any atom is -0.384 e. The number of rotatable bonds is 7. The summed E-state index contributed by atoms with van der Waals surface area (Å²) >= 11 is 3.39. The van der Waals surface area contributed by atoms with Crippen molar-refractivity contribution in [3.8, 4) is 0 Å². The lowest BCUT2D eigenvalue weighted by atomic mass is 9.97. The number of nitrogens with zero attached hydrogens (tertiary/aromatic N) is 1. The molecule has 1 aliphatic rings. The zero-order valence-corrected chi connectivity index (χ0v) is 14.3. The molecule has 0 N–H and O–H groups in total. The molecular formula is C17H24BrNO2. The van der Waals surface area contributed by atoms with E-state index in [1.165, 1.54) is 12.8 Å². The van der Waals surface area contributed by atoms with E-state index in [2.05, 4.69) is 20.8 Å². The van der Waals surface area contributed by atoms with E-state index >= 15 is 0 Å². The number of piperidine rings is 1. The Morgan fingerprint density at radius 2 is 1.95 bits per heavy atom. The number of Topliss-reactive ketones (excluding diaryl/α,β-unsaturated/α-hetero) is 1. The van der Waals surface area contributed by atoms with Crippen LogP contribution in [0.5, 0.6) is 0 Å². The lowest BCUT2D eigenvalue weighted by Crippen LogP contribution is -2.35. The number of ether oxygens (including phenoxy) is 1. The minimum absolute atomic E-state index is 0.247. The Hall–Kier alpha value is -0.710. The summed E-state index contributed by atoms with van der Waals surface area (Å²) in [5.41, 5.74) is 0.817. The molecule has 0 aliphatic carbocycles. The summed E-state index contributed by atoms with van der Waals surface area (Å²) in [5.74, 6) is 0.965. The summed E-state index contributed by atoms with van der Waals surface area (Å²) in [7, 11) is 1.78. The quantitative estimate of drug-likeness (QED) is 0.698. The lowest BCUT2D eigenvalue weighted by Gasteiger charge is -2.31. The van der Waals surface area contributed by atoms with Crippen LogP contribution in [0, 0.1) is 5.92 Å². The highest BCUT2D eigenvalue weighted by Crippen LogP contribution is 2.18. The van der Waals surface area contributed by atoms with E-state index < -0.39 is 0 Å². The van der Waals surface area contributed by atoms with Gasteiger partial charge in [-0.25, -0.2) is 0 Å². The molecule has 0 radical (unpaired) electrons. The van der Waals surface area contributed by atoms with Gasteiger partial charge in [-0.3, -0.25) is 4.79 Å². The highest BCUT2D eigenvalue weighted by Gasteiger charge is 2.18. The van der Waals surface area contributed by atoms with Crippen LogP contribution in [-0.4, -0.2) is 44.0 Å². The van der Waals surface area contributed by atoms with Crippen LogP contribution in [0.2, 0.25) is 0 Å². The summed E-state index contributed by atoms with van der Waals surface area (Å²) in [6.45, 7) is 4.19. The monoisotopic (exact) mass is 353 g/mol. The Balaban J connectivity index is 1.66. The SMILES string of the molecule is COCC1CCN(CCCC(=O)c2ccc(Br)cc2)CC1. The predicted molar refractivity (Wildman–Crippen MR) is 88.7 cm³/mol. The van der Waals surface area contributed by atoms with E-state index in [0.717, 1.165) is 48.6 Å². The van der Waals surface area contributed by atoms with Crippen molar-refractivity contribution in [3.05, 3.63) is 34.3 Å². The second-order valence-electron chi connectivity index (χ2n) is 5.77. The second kappa shape index (κ2) is 8.66. The van der Waals surface area contributed by atoms with Crippen molar-refractivity contribution in [2.45, 2.75) is 25.7 Å². The van der Waals surface area contributed by atoms with Gasteiger partial charge in [0.15, 0.2) is 5.78 Å². The number of carbonyl (C=O) groups excluding carboxylic acids is 1. The number of hydrogen-bond acceptors (Lipinski definition) is 3. The number of benzene rings is 1. The average Bonchev–Trinajstić information content (AvgIpc) is 2.50. The fourth-order valence-electron chi connectivity index (χ4n) is 2.86. The third-order valence-corrected chi connectivity index (χ3v) is 4.68. The number of ketones is 1. The van der Waals surface area contributed by atoms with E-state index in [4.69, 9.17) is 4.74 Å². The molecule has 0 spiro atoms. The molecule has 1 fully saturated rings. The first-order valence-corrected chi connectivity index (χ1v) is 8.48. The van der Waals surface area contributed by atoms with Crippen LogP contribution in [0.15, 0.2) is 28.7 Å². The van der Waals surface area contributed by atoms with Crippen molar-refractivity contribution in [1.82, 2.24) is 4.90 Å². The third-order valence-electron chi connectivity index (χ3n) is 4.15. The summed E-state index contributed by atoms with van der Waals surface area (Å²) in [6, 6.07) is 7.63. The third kappa shape index (κ3) is 5.53. The molecule has 0 bridgehead atoms. The fraction of sp³-hybridized carbons (Fsp3) is 0.588. The van der Waals surface area contributed by atoms with E-state index in [9.17, 15) is 4.79 Å². The molecular weight excluding hydrogens is 330 g/mol. The van der Waals surface area contributed by atoms with E-state index in [0.29, 0.717) is 6.42 Å². The van der Waals surface area contributed by atoms with E-state index in [1.807, 2.05) is 24.3 Å². The van der Waals surface area contributed by atoms with Gasteiger partial charge in [0.2, 0.25) is 0 Å². The Kier molecular flexibility index (Phi) is 6.87. The van der Waals surface area contributed by atoms with Crippen molar-refractivity contribution in [2.24, 2.45) is 5.92 Å². The van der Waals surface area contributed by atoms with Gasteiger partial charge < -0.3 is 9.64 Å². The van der Waals surface area contributed by atoms with E-state index in [-0.39, 0.29) is 5.78 Å². The van der Waals surface area contributed by atoms with Crippen LogP contribution in [0.4, 0.5) is 0 Å². The first kappa shape index (κ1) is 16.7. The van der Waals surface area contributed by atoms with Crippen molar-refractivity contribution in [3.63, 3.8) is 0 Å². The molecule has 2 rings (SSSR count). The lowest BCUT2D eigenvalue weighted by molar-refractivity contribution is 0.0929. The number of carbonyl (C=O) groups is 1. The number of halogens is 1. The molecule has 21 heavy (non-hydrogen) atoms. The normalized spacial score (nSPS) is 17.0. The van der Waals surface area contributed by atoms with Gasteiger partial charge in [-0.1, -0.05) is 28.1 Å². The zero-order valence-electron chi connectivity index (χ0n) is 12.7. The van der Waals surface area contributed by atoms with Crippen molar-refractivity contribution < 1.29 is 9.53 Å². The minimum atomic E-state index is 0.247. The van der Waals surface area contributed by atoms with Gasteiger partial charge in [-0.05, 0) is 56.9 Å². The van der Waals surface area contributed by atoms with Gasteiger partial charge in [-0.15, -0.1) is 0 Å². The molecule has 3 nitrogen and oxygen atoms in total. The summed E-state index contributed by atoms with van der Waals surface area (Å²) in [4.78, 5) is 14.6. The molecule has 0 unspecified atom stereocenters. The molecule has 0 aromatic heterocycles. The van der Waals surface area contributed by atoms with Gasteiger partial charge >= 0.3 is 0 Å². The maximum Gasteiger partial charge on any atom is 0.162 e. The van der Waals surface area contributed by atoms with Crippen molar-refractivity contribution >= 4 is 21.7 Å². The molecule has 0 atom stereocenters. The molecule has 1 heterocycles. The van der Waals surface area contributed by atoms with Crippen LogP contribution < -0.4 is 0 Å². The topological polar surface area (TPSA) is 29.5 Å².